The Labute approximate surface area is 123 Å². The van der Waals surface area contributed by atoms with E-state index in [1.165, 1.54) is 18.2 Å². The minimum atomic E-state index is -4.82. The van der Waals surface area contributed by atoms with Crippen molar-refractivity contribution in [2.45, 2.75) is 31.2 Å². The van der Waals surface area contributed by atoms with Gasteiger partial charge in [0.15, 0.2) is 6.10 Å². The number of aliphatic hydroxyl groups is 1. The standard InChI is InChI=1S/C13H10ClF3N2O2/c14-9-5-8(2-1-7(9)6-18)19-10(3-4-11(19)20)12(21)13(15,16)17/h1-2,5,10,12,21H,3-4H2/t10?,12-/m0/s1. The SMILES string of the molecule is N#Cc1ccc(N2C(=O)CCC2[C@H](O)C(F)(F)F)cc1Cl. The molecule has 2 rings (SSSR count). The highest BCUT2D eigenvalue weighted by molar-refractivity contribution is 6.32. The predicted octanol–water partition coefficient (Wildman–Crippen LogP) is 2.63. The van der Waals surface area contributed by atoms with Gasteiger partial charge in [-0.25, -0.2) is 0 Å². The predicted molar refractivity (Wildman–Crippen MR) is 68.7 cm³/mol. The number of benzene rings is 1. The lowest BCUT2D eigenvalue weighted by atomic mass is 10.1. The number of nitriles is 1. The Bertz CT molecular complexity index is 612. The molecule has 2 atom stereocenters. The molecule has 0 saturated carbocycles. The first kappa shape index (κ1) is 15.6. The van der Waals surface area contributed by atoms with Gasteiger partial charge >= 0.3 is 6.18 Å². The monoisotopic (exact) mass is 318 g/mol. The number of nitrogens with zero attached hydrogens (tertiary/aromatic N) is 2. The van der Waals surface area contributed by atoms with Gasteiger partial charge in [-0.3, -0.25) is 4.79 Å². The second kappa shape index (κ2) is 5.54. The zero-order chi connectivity index (χ0) is 15.8. The molecule has 112 valence electrons. The summed E-state index contributed by atoms with van der Waals surface area (Å²) in [5.74, 6) is -0.524. The van der Waals surface area contributed by atoms with Gasteiger partial charge in [-0.15, -0.1) is 0 Å². The third kappa shape index (κ3) is 2.96. The zero-order valence-electron chi connectivity index (χ0n) is 10.6. The number of alkyl halides is 3. The number of hydrogen-bond acceptors (Lipinski definition) is 3. The van der Waals surface area contributed by atoms with Crippen molar-refractivity contribution >= 4 is 23.2 Å². The second-order valence-corrected chi connectivity index (χ2v) is 5.04. The van der Waals surface area contributed by atoms with E-state index in [1.54, 1.807) is 0 Å². The molecule has 1 aromatic rings. The van der Waals surface area contributed by atoms with Crippen LogP contribution in [0.15, 0.2) is 18.2 Å². The summed E-state index contributed by atoms with van der Waals surface area (Å²) in [5.41, 5.74) is 0.287. The van der Waals surface area contributed by atoms with Gasteiger partial charge in [-0.2, -0.15) is 18.4 Å². The number of carbonyl (C=O) groups is 1. The maximum Gasteiger partial charge on any atom is 0.416 e. The molecule has 8 heteroatoms. The van der Waals surface area contributed by atoms with Crippen LogP contribution in [0.4, 0.5) is 18.9 Å². The molecule has 0 spiro atoms. The Morgan fingerprint density at radius 3 is 2.67 bits per heavy atom. The van der Waals surface area contributed by atoms with Gasteiger partial charge in [0.25, 0.3) is 0 Å². The number of halogens is 4. The van der Waals surface area contributed by atoms with Crippen molar-refractivity contribution in [3.63, 3.8) is 0 Å². The molecule has 1 amide bonds. The van der Waals surface area contributed by atoms with Crippen LogP contribution in [0.5, 0.6) is 0 Å². The number of amides is 1. The van der Waals surface area contributed by atoms with Crippen LogP contribution in [-0.2, 0) is 4.79 Å². The summed E-state index contributed by atoms with van der Waals surface area (Å²) in [6.07, 6.45) is -7.63. The molecule has 1 fully saturated rings. The van der Waals surface area contributed by atoms with Gasteiger partial charge in [0.2, 0.25) is 5.91 Å². The van der Waals surface area contributed by atoms with Crippen molar-refractivity contribution in [1.82, 2.24) is 0 Å². The summed E-state index contributed by atoms with van der Waals surface area (Å²) < 4.78 is 38.0. The number of anilines is 1. The molecular formula is C13H10ClF3N2O2. The lowest BCUT2D eigenvalue weighted by Crippen LogP contribution is -2.48. The normalized spacial score (nSPS) is 20.5. The Kier molecular flexibility index (Phi) is 4.12. The summed E-state index contributed by atoms with van der Waals surface area (Å²) in [6, 6.07) is 4.34. The fourth-order valence-corrected chi connectivity index (χ4v) is 2.52. The van der Waals surface area contributed by atoms with Gasteiger partial charge in [0.1, 0.15) is 6.07 Å². The van der Waals surface area contributed by atoms with Crippen LogP contribution in [-0.4, -0.2) is 29.3 Å². The lowest BCUT2D eigenvalue weighted by molar-refractivity contribution is -0.209. The number of aliphatic hydroxyl groups excluding tert-OH is 1. The lowest BCUT2D eigenvalue weighted by Gasteiger charge is -2.30. The van der Waals surface area contributed by atoms with Crippen LogP contribution in [0, 0.1) is 11.3 Å². The summed E-state index contributed by atoms with van der Waals surface area (Å²) in [5, 5.41) is 18.2. The number of rotatable bonds is 2. The van der Waals surface area contributed by atoms with Crippen molar-refractivity contribution in [2.75, 3.05) is 4.90 Å². The van der Waals surface area contributed by atoms with E-state index in [0.29, 0.717) is 0 Å². The molecule has 1 heterocycles. The highest BCUT2D eigenvalue weighted by Crippen LogP contribution is 2.35. The zero-order valence-corrected chi connectivity index (χ0v) is 11.3. The van der Waals surface area contributed by atoms with Crippen molar-refractivity contribution in [3.8, 4) is 6.07 Å². The smallest absolute Gasteiger partial charge is 0.382 e. The van der Waals surface area contributed by atoms with Crippen molar-refractivity contribution in [2.24, 2.45) is 0 Å². The van der Waals surface area contributed by atoms with Crippen LogP contribution >= 0.6 is 11.6 Å². The van der Waals surface area contributed by atoms with E-state index < -0.39 is 24.2 Å². The molecule has 0 bridgehead atoms. The Balaban J connectivity index is 2.38. The van der Waals surface area contributed by atoms with Gasteiger partial charge in [0, 0.05) is 12.1 Å². The molecule has 21 heavy (non-hydrogen) atoms. The molecule has 1 saturated heterocycles. The van der Waals surface area contributed by atoms with Crippen molar-refractivity contribution in [1.29, 1.82) is 5.26 Å². The first-order valence-electron chi connectivity index (χ1n) is 6.02. The van der Waals surface area contributed by atoms with E-state index in [4.69, 9.17) is 16.9 Å². The number of hydrogen-bond donors (Lipinski definition) is 1. The third-order valence-corrected chi connectivity index (χ3v) is 3.62. The maximum absolute atomic E-state index is 12.7. The first-order chi connectivity index (χ1) is 9.75. The van der Waals surface area contributed by atoms with E-state index in [9.17, 15) is 23.1 Å². The summed E-state index contributed by atoms with van der Waals surface area (Å²) in [6.45, 7) is 0. The molecule has 4 nitrogen and oxygen atoms in total. The van der Waals surface area contributed by atoms with Crippen LogP contribution in [0.25, 0.3) is 0 Å². The van der Waals surface area contributed by atoms with Crippen LogP contribution in [0.1, 0.15) is 18.4 Å². The van der Waals surface area contributed by atoms with Crippen LogP contribution in [0.3, 0.4) is 0 Å². The molecule has 1 aliphatic heterocycles. The van der Waals surface area contributed by atoms with Crippen molar-refractivity contribution < 1.29 is 23.1 Å². The van der Waals surface area contributed by atoms with E-state index in [0.717, 1.165) is 4.90 Å². The van der Waals surface area contributed by atoms with E-state index in [2.05, 4.69) is 0 Å². The molecule has 0 radical (unpaired) electrons. The van der Waals surface area contributed by atoms with E-state index >= 15 is 0 Å². The summed E-state index contributed by atoms with van der Waals surface area (Å²) in [7, 11) is 0. The first-order valence-corrected chi connectivity index (χ1v) is 6.40. The minimum absolute atomic E-state index is 0.0370. The average molecular weight is 319 g/mol. The van der Waals surface area contributed by atoms with E-state index in [-0.39, 0.29) is 29.1 Å². The molecular weight excluding hydrogens is 309 g/mol. The van der Waals surface area contributed by atoms with Gasteiger partial charge < -0.3 is 10.0 Å². The molecule has 0 aromatic heterocycles. The van der Waals surface area contributed by atoms with Gasteiger partial charge in [-0.05, 0) is 24.6 Å². The molecule has 1 aromatic carbocycles. The van der Waals surface area contributed by atoms with Gasteiger partial charge in [-0.1, -0.05) is 11.6 Å². The molecule has 0 aliphatic carbocycles. The Morgan fingerprint density at radius 2 is 2.14 bits per heavy atom. The summed E-state index contributed by atoms with van der Waals surface area (Å²) >= 11 is 5.83. The number of carbonyl (C=O) groups excluding carboxylic acids is 1. The molecule has 1 aliphatic rings. The maximum atomic E-state index is 12.7. The van der Waals surface area contributed by atoms with E-state index in [1.807, 2.05) is 6.07 Å². The minimum Gasteiger partial charge on any atom is -0.382 e. The molecule has 1 N–H and O–H groups in total. The quantitative estimate of drug-likeness (QED) is 0.911. The van der Waals surface area contributed by atoms with Crippen LogP contribution < -0.4 is 4.90 Å². The Morgan fingerprint density at radius 1 is 1.48 bits per heavy atom. The highest BCUT2D eigenvalue weighted by atomic mass is 35.5. The largest absolute Gasteiger partial charge is 0.416 e. The second-order valence-electron chi connectivity index (χ2n) is 4.63. The fraction of sp³-hybridized carbons (Fsp3) is 0.385. The fourth-order valence-electron chi connectivity index (χ4n) is 2.30. The average Bonchev–Trinajstić information content (AvgIpc) is 2.78. The Hall–Kier alpha value is -1.78. The molecule has 1 unspecified atom stereocenters. The highest BCUT2D eigenvalue weighted by Gasteiger charge is 2.49. The van der Waals surface area contributed by atoms with Gasteiger partial charge in [0.05, 0.1) is 16.6 Å². The third-order valence-electron chi connectivity index (χ3n) is 3.31. The summed E-state index contributed by atoms with van der Waals surface area (Å²) in [4.78, 5) is 12.7. The van der Waals surface area contributed by atoms with Crippen LogP contribution in [0.2, 0.25) is 5.02 Å². The van der Waals surface area contributed by atoms with Crippen molar-refractivity contribution in [3.05, 3.63) is 28.8 Å². The topological polar surface area (TPSA) is 64.3 Å².